The lowest BCUT2D eigenvalue weighted by Crippen LogP contribution is -2.32. The molecule has 0 spiro atoms. The maximum atomic E-state index is 12.8. The van der Waals surface area contributed by atoms with E-state index in [9.17, 15) is 4.79 Å². The first-order chi connectivity index (χ1) is 10.9. The van der Waals surface area contributed by atoms with E-state index in [2.05, 4.69) is 43.5 Å². The summed E-state index contributed by atoms with van der Waals surface area (Å²) in [7, 11) is 0. The fourth-order valence-electron chi connectivity index (χ4n) is 3.60. The molecule has 0 bridgehead atoms. The molecule has 122 valence electrons. The maximum Gasteiger partial charge on any atom is 0.255 e. The van der Waals surface area contributed by atoms with Crippen LogP contribution in [0.1, 0.15) is 39.3 Å². The SMILES string of the molecule is Cc1cc(C)cc(-n2c(C)cc(C(=O)N3CC[C@@H](N)C3)c2C)c1. The van der Waals surface area contributed by atoms with E-state index in [0.717, 1.165) is 35.6 Å². The third kappa shape index (κ3) is 2.91. The minimum absolute atomic E-state index is 0.0988. The molecule has 4 nitrogen and oxygen atoms in total. The molecule has 2 heterocycles. The summed E-state index contributed by atoms with van der Waals surface area (Å²) in [5, 5.41) is 0. The molecule has 0 saturated carbocycles. The molecule has 3 rings (SSSR count). The van der Waals surface area contributed by atoms with Crippen LogP contribution in [0.3, 0.4) is 0 Å². The van der Waals surface area contributed by atoms with Crippen molar-refractivity contribution in [1.29, 1.82) is 0 Å². The second kappa shape index (κ2) is 5.85. The number of rotatable bonds is 2. The van der Waals surface area contributed by atoms with Gasteiger partial charge in [0, 0.05) is 36.2 Å². The normalized spacial score (nSPS) is 17.8. The summed E-state index contributed by atoms with van der Waals surface area (Å²) in [6, 6.07) is 8.59. The molecule has 1 fully saturated rings. The maximum absolute atomic E-state index is 12.8. The van der Waals surface area contributed by atoms with Crippen LogP contribution in [0.15, 0.2) is 24.3 Å². The summed E-state index contributed by atoms with van der Waals surface area (Å²) < 4.78 is 2.17. The Morgan fingerprint density at radius 2 is 1.74 bits per heavy atom. The number of benzene rings is 1. The summed E-state index contributed by atoms with van der Waals surface area (Å²) in [6.07, 6.45) is 0.890. The van der Waals surface area contributed by atoms with Crippen molar-refractivity contribution in [3.63, 3.8) is 0 Å². The molecular weight excluding hydrogens is 286 g/mol. The number of hydrogen-bond donors (Lipinski definition) is 1. The number of aryl methyl sites for hydroxylation is 3. The Morgan fingerprint density at radius 3 is 2.30 bits per heavy atom. The van der Waals surface area contributed by atoms with Crippen molar-refractivity contribution in [1.82, 2.24) is 9.47 Å². The van der Waals surface area contributed by atoms with Gasteiger partial charge in [-0.15, -0.1) is 0 Å². The number of carbonyl (C=O) groups is 1. The van der Waals surface area contributed by atoms with E-state index in [0.29, 0.717) is 6.54 Å². The Bertz CT molecular complexity index is 740. The highest BCUT2D eigenvalue weighted by Gasteiger charge is 2.27. The summed E-state index contributed by atoms with van der Waals surface area (Å²) in [6.45, 7) is 9.69. The van der Waals surface area contributed by atoms with Gasteiger partial charge >= 0.3 is 0 Å². The second-order valence-electron chi connectivity index (χ2n) is 6.77. The van der Waals surface area contributed by atoms with Gasteiger partial charge in [-0.1, -0.05) is 6.07 Å². The molecule has 1 amide bonds. The van der Waals surface area contributed by atoms with Gasteiger partial charge in [0.05, 0.1) is 5.56 Å². The van der Waals surface area contributed by atoms with E-state index >= 15 is 0 Å². The van der Waals surface area contributed by atoms with Crippen molar-refractivity contribution in [2.24, 2.45) is 5.73 Å². The van der Waals surface area contributed by atoms with E-state index in [4.69, 9.17) is 5.73 Å². The van der Waals surface area contributed by atoms with E-state index in [-0.39, 0.29) is 11.9 Å². The number of carbonyl (C=O) groups excluding carboxylic acids is 1. The second-order valence-corrected chi connectivity index (χ2v) is 6.77. The van der Waals surface area contributed by atoms with E-state index < -0.39 is 0 Å². The lowest BCUT2D eigenvalue weighted by molar-refractivity contribution is 0.0790. The van der Waals surface area contributed by atoms with Crippen molar-refractivity contribution >= 4 is 5.91 Å². The minimum atomic E-state index is 0.0988. The third-order valence-electron chi connectivity index (χ3n) is 4.64. The number of nitrogens with zero attached hydrogens (tertiary/aromatic N) is 2. The van der Waals surface area contributed by atoms with Crippen molar-refractivity contribution in [2.75, 3.05) is 13.1 Å². The summed E-state index contributed by atoms with van der Waals surface area (Å²) in [5.41, 5.74) is 12.4. The first kappa shape index (κ1) is 15.8. The number of nitrogens with two attached hydrogens (primary N) is 1. The first-order valence-corrected chi connectivity index (χ1v) is 8.19. The predicted molar refractivity (Wildman–Crippen MR) is 93.2 cm³/mol. The van der Waals surface area contributed by atoms with E-state index in [1.807, 2.05) is 17.9 Å². The Labute approximate surface area is 137 Å². The molecule has 23 heavy (non-hydrogen) atoms. The van der Waals surface area contributed by atoms with Gasteiger partial charge in [0.15, 0.2) is 0 Å². The van der Waals surface area contributed by atoms with E-state index in [1.54, 1.807) is 0 Å². The van der Waals surface area contributed by atoms with Crippen molar-refractivity contribution in [3.8, 4) is 5.69 Å². The molecule has 2 aromatic rings. The number of hydrogen-bond acceptors (Lipinski definition) is 2. The van der Waals surface area contributed by atoms with E-state index in [1.165, 1.54) is 11.1 Å². The molecule has 2 N–H and O–H groups in total. The van der Waals surface area contributed by atoms with Gasteiger partial charge < -0.3 is 15.2 Å². The molecule has 1 atom stereocenters. The van der Waals surface area contributed by atoms with Gasteiger partial charge in [-0.25, -0.2) is 0 Å². The van der Waals surface area contributed by atoms with Gasteiger partial charge in [-0.05, 0) is 63.4 Å². The average Bonchev–Trinajstić information content (AvgIpc) is 3.01. The summed E-state index contributed by atoms with van der Waals surface area (Å²) in [5.74, 6) is 0.0988. The van der Waals surface area contributed by atoms with Crippen LogP contribution in [0.5, 0.6) is 0 Å². The van der Waals surface area contributed by atoms with Crippen LogP contribution in [-0.4, -0.2) is 34.5 Å². The van der Waals surface area contributed by atoms with Crippen LogP contribution >= 0.6 is 0 Å². The monoisotopic (exact) mass is 311 g/mol. The molecule has 1 aromatic carbocycles. The Balaban J connectivity index is 2.01. The summed E-state index contributed by atoms with van der Waals surface area (Å²) >= 11 is 0. The zero-order chi connectivity index (χ0) is 16.7. The minimum Gasteiger partial charge on any atom is -0.337 e. The molecule has 0 radical (unpaired) electrons. The largest absolute Gasteiger partial charge is 0.337 e. The fourth-order valence-corrected chi connectivity index (χ4v) is 3.60. The van der Waals surface area contributed by atoms with Crippen LogP contribution in [0.4, 0.5) is 0 Å². The lowest BCUT2D eigenvalue weighted by Gasteiger charge is -2.16. The Hall–Kier alpha value is -2.07. The highest BCUT2D eigenvalue weighted by atomic mass is 16.2. The standard InChI is InChI=1S/C19H25N3O/c1-12-7-13(2)9-17(8-12)22-14(3)10-18(15(22)4)19(23)21-6-5-16(20)11-21/h7-10,16H,5-6,11,20H2,1-4H3/t16-/m1/s1. The molecule has 0 unspecified atom stereocenters. The molecule has 1 saturated heterocycles. The van der Waals surface area contributed by atoms with Crippen LogP contribution in [0.25, 0.3) is 5.69 Å². The zero-order valence-electron chi connectivity index (χ0n) is 14.4. The zero-order valence-corrected chi connectivity index (χ0v) is 14.4. The molecule has 4 heteroatoms. The van der Waals surface area contributed by atoms with Gasteiger partial charge in [-0.2, -0.15) is 0 Å². The van der Waals surface area contributed by atoms with Crippen LogP contribution < -0.4 is 5.73 Å². The van der Waals surface area contributed by atoms with Crippen LogP contribution in [0.2, 0.25) is 0 Å². The van der Waals surface area contributed by atoms with Gasteiger partial charge in [0.25, 0.3) is 5.91 Å². The van der Waals surface area contributed by atoms with Gasteiger partial charge in [0.1, 0.15) is 0 Å². The van der Waals surface area contributed by atoms with Crippen LogP contribution in [-0.2, 0) is 0 Å². The Morgan fingerprint density at radius 1 is 1.09 bits per heavy atom. The first-order valence-electron chi connectivity index (χ1n) is 8.19. The number of aromatic nitrogens is 1. The highest BCUT2D eigenvalue weighted by molar-refractivity contribution is 5.96. The van der Waals surface area contributed by atoms with Crippen LogP contribution in [0, 0.1) is 27.7 Å². The molecule has 0 aliphatic carbocycles. The summed E-state index contributed by atoms with van der Waals surface area (Å²) in [4.78, 5) is 14.7. The topological polar surface area (TPSA) is 51.3 Å². The lowest BCUT2D eigenvalue weighted by atomic mass is 10.1. The Kier molecular flexibility index (Phi) is 4.02. The quantitative estimate of drug-likeness (QED) is 0.927. The molecule has 1 aliphatic rings. The fraction of sp³-hybridized carbons (Fsp3) is 0.421. The molecule has 1 aromatic heterocycles. The molecule has 1 aliphatic heterocycles. The average molecular weight is 311 g/mol. The molecular formula is C19H25N3O. The third-order valence-corrected chi connectivity index (χ3v) is 4.64. The predicted octanol–water partition coefficient (Wildman–Crippen LogP) is 2.88. The highest BCUT2D eigenvalue weighted by Crippen LogP contribution is 2.24. The smallest absolute Gasteiger partial charge is 0.255 e. The number of amides is 1. The van der Waals surface area contributed by atoms with Crippen molar-refractivity contribution in [2.45, 2.75) is 40.2 Å². The van der Waals surface area contributed by atoms with Crippen molar-refractivity contribution in [3.05, 3.63) is 52.3 Å². The van der Waals surface area contributed by atoms with Gasteiger partial charge in [-0.3, -0.25) is 4.79 Å². The van der Waals surface area contributed by atoms with Gasteiger partial charge in [0.2, 0.25) is 0 Å². The van der Waals surface area contributed by atoms with Crippen molar-refractivity contribution < 1.29 is 4.79 Å². The number of likely N-dealkylation sites (tertiary alicyclic amines) is 1.